The summed E-state index contributed by atoms with van der Waals surface area (Å²) in [6.07, 6.45) is 4.42. The van der Waals surface area contributed by atoms with Gasteiger partial charge in [0.15, 0.2) is 0 Å². The van der Waals surface area contributed by atoms with Gasteiger partial charge in [-0.05, 0) is 37.9 Å². The highest BCUT2D eigenvalue weighted by molar-refractivity contribution is 7.87. The highest BCUT2D eigenvalue weighted by Crippen LogP contribution is 2.24. The van der Waals surface area contributed by atoms with Gasteiger partial charge in [-0.3, -0.25) is 4.90 Å². The third-order valence-electron chi connectivity index (χ3n) is 4.02. The molecule has 124 valence electrons. The lowest BCUT2D eigenvalue weighted by molar-refractivity contribution is 0.164. The van der Waals surface area contributed by atoms with Crippen molar-refractivity contribution in [2.24, 2.45) is 0 Å². The minimum absolute atomic E-state index is 0.0969. The van der Waals surface area contributed by atoms with Gasteiger partial charge in [-0.25, -0.2) is 9.44 Å². The molecule has 1 heterocycles. The molecule has 0 spiro atoms. The first-order valence-electron chi connectivity index (χ1n) is 8.15. The zero-order valence-electron chi connectivity index (χ0n) is 13.3. The number of rotatable bonds is 8. The van der Waals surface area contributed by atoms with Crippen LogP contribution in [0.3, 0.4) is 0 Å². The second-order valence-corrected chi connectivity index (χ2v) is 7.35. The van der Waals surface area contributed by atoms with Gasteiger partial charge in [-0.15, -0.1) is 0 Å². The first kappa shape index (κ1) is 17.4. The molecule has 1 aliphatic rings. The Bertz CT molecular complexity index is 528. The maximum Gasteiger partial charge on any atom is 0.276 e. The molecule has 0 aliphatic carbocycles. The third kappa shape index (κ3) is 5.35. The van der Waals surface area contributed by atoms with Crippen molar-refractivity contribution < 1.29 is 8.42 Å². The number of nitrogens with zero attached hydrogens (tertiary/aromatic N) is 1. The lowest BCUT2D eigenvalue weighted by Crippen LogP contribution is -2.44. The van der Waals surface area contributed by atoms with Crippen LogP contribution in [0.25, 0.3) is 0 Å². The Kier molecular flexibility index (Phi) is 6.82. The topological polar surface area (TPSA) is 61.4 Å². The van der Waals surface area contributed by atoms with Crippen LogP contribution in [0.5, 0.6) is 0 Å². The monoisotopic (exact) mass is 325 g/mol. The van der Waals surface area contributed by atoms with Gasteiger partial charge in [0.2, 0.25) is 0 Å². The van der Waals surface area contributed by atoms with Crippen molar-refractivity contribution in [1.29, 1.82) is 0 Å². The van der Waals surface area contributed by atoms with E-state index in [0.717, 1.165) is 19.5 Å². The Labute approximate surface area is 134 Å². The second kappa shape index (κ2) is 8.62. The van der Waals surface area contributed by atoms with E-state index in [0.29, 0.717) is 13.1 Å². The Balaban J connectivity index is 2.05. The zero-order valence-corrected chi connectivity index (χ0v) is 14.1. The first-order chi connectivity index (χ1) is 10.6. The predicted octanol–water partition coefficient (Wildman–Crippen LogP) is 2.05. The van der Waals surface area contributed by atoms with E-state index >= 15 is 0 Å². The van der Waals surface area contributed by atoms with Crippen LogP contribution in [0.15, 0.2) is 30.3 Å². The summed E-state index contributed by atoms with van der Waals surface area (Å²) in [4.78, 5) is 2.39. The van der Waals surface area contributed by atoms with Crippen molar-refractivity contribution in [3.05, 3.63) is 35.9 Å². The van der Waals surface area contributed by atoms with Crippen LogP contribution in [0.2, 0.25) is 0 Å². The van der Waals surface area contributed by atoms with Gasteiger partial charge in [0.25, 0.3) is 10.2 Å². The average molecular weight is 325 g/mol. The van der Waals surface area contributed by atoms with Crippen LogP contribution in [0.4, 0.5) is 0 Å². The van der Waals surface area contributed by atoms with Crippen LogP contribution in [0, 0.1) is 0 Å². The third-order valence-corrected chi connectivity index (χ3v) is 5.16. The van der Waals surface area contributed by atoms with Crippen molar-refractivity contribution >= 4 is 10.2 Å². The first-order valence-corrected chi connectivity index (χ1v) is 9.64. The highest BCUT2D eigenvalue weighted by Gasteiger charge is 2.23. The summed E-state index contributed by atoms with van der Waals surface area (Å²) >= 11 is 0. The molecule has 1 aromatic carbocycles. The van der Waals surface area contributed by atoms with Gasteiger partial charge < -0.3 is 0 Å². The number of benzene rings is 1. The predicted molar refractivity (Wildman–Crippen MR) is 89.8 cm³/mol. The molecular weight excluding hydrogens is 298 g/mol. The Morgan fingerprint density at radius 3 is 2.41 bits per heavy atom. The summed E-state index contributed by atoms with van der Waals surface area (Å²) in [5, 5.41) is 0. The van der Waals surface area contributed by atoms with E-state index in [1.165, 1.54) is 24.8 Å². The van der Waals surface area contributed by atoms with Crippen LogP contribution >= 0.6 is 0 Å². The molecule has 6 heteroatoms. The maximum absolute atomic E-state index is 12.0. The number of piperidine rings is 1. The van der Waals surface area contributed by atoms with Crippen LogP contribution in [-0.2, 0) is 10.2 Å². The minimum Gasteiger partial charge on any atom is -0.295 e. The van der Waals surface area contributed by atoms with E-state index in [2.05, 4.69) is 26.5 Å². The molecule has 1 fully saturated rings. The lowest BCUT2D eigenvalue weighted by Gasteiger charge is -2.35. The Hall–Kier alpha value is -0.950. The van der Waals surface area contributed by atoms with Crippen LogP contribution in [0.1, 0.15) is 44.2 Å². The lowest BCUT2D eigenvalue weighted by atomic mass is 10.0. The summed E-state index contributed by atoms with van der Waals surface area (Å²) in [6, 6.07) is 10.3. The molecule has 0 aromatic heterocycles. The fourth-order valence-electron chi connectivity index (χ4n) is 2.84. The molecule has 0 amide bonds. The molecule has 0 bridgehead atoms. The average Bonchev–Trinajstić information content (AvgIpc) is 2.55. The standard InChI is InChI=1S/C16H27N3O2S/c1-2-11-17-22(20,21)18-14-16(15-9-5-3-6-10-15)19-12-7-4-8-13-19/h3,5-6,9-10,16-18H,2,4,7-8,11-14H2,1H3. The van der Waals surface area contributed by atoms with E-state index in [9.17, 15) is 8.42 Å². The van der Waals surface area contributed by atoms with Crippen molar-refractivity contribution in [3.63, 3.8) is 0 Å². The van der Waals surface area contributed by atoms with Gasteiger partial charge in [-0.1, -0.05) is 43.7 Å². The van der Waals surface area contributed by atoms with E-state index in [-0.39, 0.29) is 6.04 Å². The van der Waals surface area contributed by atoms with Gasteiger partial charge in [0, 0.05) is 19.1 Å². The van der Waals surface area contributed by atoms with Gasteiger partial charge in [0.1, 0.15) is 0 Å². The van der Waals surface area contributed by atoms with Gasteiger partial charge >= 0.3 is 0 Å². The maximum atomic E-state index is 12.0. The fourth-order valence-corrected chi connectivity index (χ4v) is 3.79. The minimum atomic E-state index is -3.41. The van der Waals surface area contributed by atoms with E-state index < -0.39 is 10.2 Å². The summed E-state index contributed by atoms with van der Waals surface area (Å²) < 4.78 is 29.2. The molecule has 22 heavy (non-hydrogen) atoms. The highest BCUT2D eigenvalue weighted by atomic mass is 32.2. The summed E-state index contributed by atoms with van der Waals surface area (Å²) in [5.74, 6) is 0. The molecule has 0 radical (unpaired) electrons. The molecule has 0 saturated carbocycles. The van der Waals surface area contributed by atoms with E-state index in [1.807, 2.05) is 25.1 Å². The fraction of sp³-hybridized carbons (Fsp3) is 0.625. The van der Waals surface area contributed by atoms with Crippen molar-refractivity contribution in [2.75, 3.05) is 26.2 Å². The Morgan fingerprint density at radius 1 is 1.09 bits per heavy atom. The molecule has 2 N–H and O–H groups in total. The number of hydrogen-bond acceptors (Lipinski definition) is 3. The Morgan fingerprint density at radius 2 is 1.77 bits per heavy atom. The SMILES string of the molecule is CCCNS(=O)(=O)NCC(c1ccccc1)N1CCCCC1. The van der Waals surface area contributed by atoms with Crippen molar-refractivity contribution in [1.82, 2.24) is 14.3 Å². The van der Waals surface area contributed by atoms with Gasteiger partial charge in [-0.2, -0.15) is 8.42 Å². The molecule has 1 unspecified atom stereocenters. The molecule has 1 saturated heterocycles. The zero-order chi connectivity index (χ0) is 15.8. The molecule has 2 rings (SSSR count). The van der Waals surface area contributed by atoms with Gasteiger partial charge in [0.05, 0.1) is 0 Å². The second-order valence-electron chi connectivity index (χ2n) is 5.77. The quantitative estimate of drug-likeness (QED) is 0.769. The number of hydrogen-bond donors (Lipinski definition) is 2. The van der Waals surface area contributed by atoms with E-state index in [1.54, 1.807) is 0 Å². The molecule has 5 nitrogen and oxygen atoms in total. The van der Waals surface area contributed by atoms with Crippen molar-refractivity contribution in [2.45, 2.75) is 38.6 Å². The number of likely N-dealkylation sites (tertiary alicyclic amines) is 1. The molecule has 1 aromatic rings. The number of nitrogens with one attached hydrogen (secondary N) is 2. The molecule has 1 atom stereocenters. The summed E-state index contributed by atoms with van der Waals surface area (Å²) in [6.45, 7) is 4.88. The smallest absolute Gasteiger partial charge is 0.276 e. The van der Waals surface area contributed by atoms with Crippen LogP contribution in [-0.4, -0.2) is 39.5 Å². The van der Waals surface area contributed by atoms with E-state index in [4.69, 9.17) is 0 Å². The summed E-state index contributed by atoms with van der Waals surface area (Å²) in [7, 11) is -3.41. The largest absolute Gasteiger partial charge is 0.295 e. The normalized spacial score (nSPS) is 18.2. The summed E-state index contributed by atoms with van der Waals surface area (Å²) in [5.41, 5.74) is 1.17. The molecular formula is C16H27N3O2S. The van der Waals surface area contributed by atoms with Crippen LogP contribution < -0.4 is 9.44 Å². The molecule has 1 aliphatic heterocycles. The van der Waals surface area contributed by atoms with Crippen molar-refractivity contribution in [3.8, 4) is 0 Å².